The van der Waals surface area contributed by atoms with E-state index in [1.54, 1.807) is 0 Å². The molecule has 0 saturated carbocycles. The molecule has 2 aromatic rings. The minimum atomic E-state index is -0.900. The Morgan fingerprint density at radius 2 is 1.79 bits per heavy atom. The molecule has 0 aliphatic heterocycles. The highest BCUT2D eigenvalue weighted by molar-refractivity contribution is 5.23. The molecule has 2 aromatic carbocycles. The van der Waals surface area contributed by atoms with Crippen molar-refractivity contribution in [2.45, 2.75) is 38.5 Å². The van der Waals surface area contributed by atoms with Gasteiger partial charge in [-0.05, 0) is 41.7 Å². The first-order valence-electron chi connectivity index (χ1n) is 8.15. The standard InChI is InChI=1S/C19H24F2N2O/c1-2-13-4-3-5-15(8-13)11-23-12-19(24)18(22)10-14-6-7-16(20)17(21)9-14/h3-9,18-19,23-24H,2,10-12,22H2,1H3/t18-,19+/m0/s1. The van der Waals surface area contributed by atoms with Crippen molar-refractivity contribution in [3.05, 3.63) is 70.8 Å². The van der Waals surface area contributed by atoms with E-state index in [1.807, 2.05) is 12.1 Å². The Hall–Kier alpha value is -1.82. The molecule has 0 bridgehead atoms. The molecule has 130 valence electrons. The smallest absolute Gasteiger partial charge is 0.159 e. The van der Waals surface area contributed by atoms with Crippen molar-refractivity contribution < 1.29 is 13.9 Å². The second-order valence-electron chi connectivity index (χ2n) is 5.99. The number of halogens is 2. The average molecular weight is 334 g/mol. The number of hydrogen-bond donors (Lipinski definition) is 3. The predicted octanol–water partition coefficient (Wildman–Crippen LogP) is 2.55. The normalized spacial score (nSPS) is 13.7. The maximum absolute atomic E-state index is 13.2. The number of aryl methyl sites for hydroxylation is 1. The summed E-state index contributed by atoms with van der Waals surface area (Å²) in [7, 11) is 0. The molecule has 0 fully saturated rings. The molecule has 0 heterocycles. The molecule has 4 N–H and O–H groups in total. The molecule has 0 aliphatic carbocycles. The summed E-state index contributed by atoms with van der Waals surface area (Å²) in [6, 6.07) is 11.4. The summed E-state index contributed by atoms with van der Waals surface area (Å²) in [6.07, 6.45) is 0.494. The molecule has 5 heteroatoms. The first-order chi connectivity index (χ1) is 11.5. The van der Waals surface area contributed by atoms with Crippen molar-refractivity contribution >= 4 is 0 Å². The summed E-state index contributed by atoms with van der Waals surface area (Å²) in [5.74, 6) is -1.79. The van der Waals surface area contributed by atoms with E-state index in [1.165, 1.54) is 11.6 Å². The molecular weight excluding hydrogens is 310 g/mol. The number of nitrogens with one attached hydrogen (secondary N) is 1. The maximum Gasteiger partial charge on any atom is 0.159 e. The van der Waals surface area contributed by atoms with Crippen molar-refractivity contribution in [2.75, 3.05) is 6.54 Å². The molecule has 0 radical (unpaired) electrons. The van der Waals surface area contributed by atoms with Gasteiger partial charge in [0.15, 0.2) is 11.6 Å². The fraction of sp³-hybridized carbons (Fsp3) is 0.368. The van der Waals surface area contributed by atoms with Gasteiger partial charge in [-0.15, -0.1) is 0 Å². The van der Waals surface area contributed by atoms with E-state index in [0.717, 1.165) is 24.1 Å². The summed E-state index contributed by atoms with van der Waals surface area (Å²) in [4.78, 5) is 0. The SMILES string of the molecule is CCc1cccc(CNC[C@@H](O)[C@@H](N)Cc2ccc(F)c(F)c2)c1. The highest BCUT2D eigenvalue weighted by Gasteiger charge is 2.16. The van der Waals surface area contributed by atoms with E-state index in [-0.39, 0.29) is 6.42 Å². The molecule has 0 amide bonds. The molecule has 2 atom stereocenters. The first-order valence-corrected chi connectivity index (χ1v) is 8.15. The van der Waals surface area contributed by atoms with Crippen LogP contribution in [0.3, 0.4) is 0 Å². The first kappa shape index (κ1) is 18.5. The Balaban J connectivity index is 1.80. The van der Waals surface area contributed by atoms with Gasteiger partial charge in [0.1, 0.15) is 0 Å². The molecule has 24 heavy (non-hydrogen) atoms. The van der Waals surface area contributed by atoms with Crippen LogP contribution in [0, 0.1) is 11.6 Å². The maximum atomic E-state index is 13.2. The van der Waals surface area contributed by atoms with E-state index in [0.29, 0.717) is 18.7 Å². The van der Waals surface area contributed by atoms with E-state index >= 15 is 0 Å². The van der Waals surface area contributed by atoms with Gasteiger partial charge in [0.2, 0.25) is 0 Å². The summed E-state index contributed by atoms with van der Waals surface area (Å²) < 4.78 is 26.1. The number of hydrogen-bond acceptors (Lipinski definition) is 3. The van der Waals surface area contributed by atoms with Crippen LogP contribution < -0.4 is 11.1 Å². The lowest BCUT2D eigenvalue weighted by Crippen LogP contribution is -2.43. The van der Waals surface area contributed by atoms with Crippen LogP contribution in [0.15, 0.2) is 42.5 Å². The van der Waals surface area contributed by atoms with Gasteiger partial charge in [-0.3, -0.25) is 0 Å². The molecule has 0 spiro atoms. The number of aliphatic hydroxyl groups is 1. The van der Waals surface area contributed by atoms with Crippen molar-refractivity contribution in [1.82, 2.24) is 5.32 Å². The van der Waals surface area contributed by atoms with Crippen LogP contribution in [0.2, 0.25) is 0 Å². The second kappa shape index (κ2) is 8.87. The predicted molar refractivity (Wildman–Crippen MR) is 91.6 cm³/mol. The highest BCUT2D eigenvalue weighted by atomic mass is 19.2. The Bertz CT molecular complexity index is 664. The molecular formula is C19H24F2N2O. The lowest BCUT2D eigenvalue weighted by atomic mass is 10.0. The zero-order chi connectivity index (χ0) is 17.5. The number of rotatable bonds is 8. The third kappa shape index (κ3) is 5.37. The van der Waals surface area contributed by atoms with Gasteiger partial charge in [-0.1, -0.05) is 37.3 Å². The average Bonchev–Trinajstić information content (AvgIpc) is 2.58. The fourth-order valence-corrected chi connectivity index (χ4v) is 2.55. The summed E-state index contributed by atoms with van der Waals surface area (Å²) >= 11 is 0. The second-order valence-corrected chi connectivity index (χ2v) is 5.99. The molecule has 0 aromatic heterocycles. The highest BCUT2D eigenvalue weighted by Crippen LogP contribution is 2.11. The zero-order valence-corrected chi connectivity index (χ0v) is 13.8. The van der Waals surface area contributed by atoms with Crippen LogP contribution in [0.5, 0.6) is 0 Å². The fourth-order valence-electron chi connectivity index (χ4n) is 2.55. The topological polar surface area (TPSA) is 58.3 Å². The molecule has 2 rings (SSSR count). The van der Waals surface area contributed by atoms with Crippen molar-refractivity contribution in [2.24, 2.45) is 5.73 Å². The van der Waals surface area contributed by atoms with Crippen LogP contribution in [0.25, 0.3) is 0 Å². The van der Waals surface area contributed by atoms with E-state index in [2.05, 4.69) is 24.4 Å². The van der Waals surface area contributed by atoms with Crippen LogP contribution in [-0.2, 0) is 19.4 Å². The lowest BCUT2D eigenvalue weighted by molar-refractivity contribution is 0.141. The quantitative estimate of drug-likeness (QED) is 0.695. The third-order valence-corrected chi connectivity index (χ3v) is 4.03. The van der Waals surface area contributed by atoms with Gasteiger partial charge in [-0.25, -0.2) is 8.78 Å². The van der Waals surface area contributed by atoms with Crippen molar-refractivity contribution in [3.63, 3.8) is 0 Å². The van der Waals surface area contributed by atoms with Crippen molar-refractivity contribution in [3.8, 4) is 0 Å². The molecule has 3 nitrogen and oxygen atoms in total. The van der Waals surface area contributed by atoms with Crippen LogP contribution in [0.1, 0.15) is 23.6 Å². The molecule has 0 saturated heterocycles. The van der Waals surface area contributed by atoms with Crippen molar-refractivity contribution in [1.29, 1.82) is 0 Å². The Kier molecular flexibility index (Phi) is 6.85. The van der Waals surface area contributed by atoms with Gasteiger partial charge in [0.25, 0.3) is 0 Å². The number of nitrogens with two attached hydrogens (primary N) is 1. The summed E-state index contributed by atoms with van der Waals surface area (Å²) in [5, 5.41) is 13.3. The Labute approximate surface area is 141 Å². The largest absolute Gasteiger partial charge is 0.390 e. The van der Waals surface area contributed by atoms with Crippen LogP contribution in [0.4, 0.5) is 8.78 Å². The number of aliphatic hydroxyl groups excluding tert-OH is 1. The summed E-state index contributed by atoms with van der Waals surface area (Å²) in [5.41, 5.74) is 8.94. The van der Waals surface area contributed by atoms with Gasteiger partial charge >= 0.3 is 0 Å². The zero-order valence-electron chi connectivity index (χ0n) is 13.8. The molecule has 0 unspecified atom stereocenters. The monoisotopic (exact) mass is 334 g/mol. The minimum absolute atomic E-state index is 0.283. The van der Waals surface area contributed by atoms with E-state index in [4.69, 9.17) is 5.73 Å². The van der Waals surface area contributed by atoms with Crippen LogP contribution >= 0.6 is 0 Å². The van der Waals surface area contributed by atoms with Gasteiger partial charge < -0.3 is 16.2 Å². The van der Waals surface area contributed by atoms with Crippen LogP contribution in [-0.4, -0.2) is 23.8 Å². The lowest BCUT2D eigenvalue weighted by Gasteiger charge is -2.19. The van der Waals surface area contributed by atoms with Gasteiger partial charge in [-0.2, -0.15) is 0 Å². The minimum Gasteiger partial charge on any atom is -0.390 e. The Morgan fingerprint density at radius 1 is 1.04 bits per heavy atom. The van der Waals surface area contributed by atoms with E-state index in [9.17, 15) is 13.9 Å². The molecule has 0 aliphatic rings. The van der Waals surface area contributed by atoms with Gasteiger partial charge in [0.05, 0.1) is 6.10 Å². The number of benzene rings is 2. The van der Waals surface area contributed by atoms with Gasteiger partial charge in [0, 0.05) is 19.1 Å². The Morgan fingerprint density at radius 3 is 2.50 bits per heavy atom. The third-order valence-electron chi connectivity index (χ3n) is 4.03. The summed E-state index contributed by atoms with van der Waals surface area (Å²) in [6.45, 7) is 3.08. The van der Waals surface area contributed by atoms with E-state index < -0.39 is 23.8 Å².